The molecular weight excluding hydrogens is 370 g/mol. The van der Waals surface area contributed by atoms with Crippen LogP contribution in [0.25, 0.3) is 11.1 Å². The minimum Gasteiger partial charge on any atom is -0.355 e. The zero-order valence-corrected chi connectivity index (χ0v) is 17.5. The Kier molecular flexibility index (Phi) is 6.55. The van der Waals surface area contributed by atoms with Crippen LogP contribution in [-0.4, -0.2) is 42.0 Å². The van der Waals surface area contributed by atoms with Gasteiger partial charge in [-0.25, -0.2) is 0 Å². The first-order valence-corrected chi connectivity index (χ1v) is 10.7. The van der Waals surface area contributed by atoms with E-state index >= 15 is 0 Å². The van der Waals surface area contributed by atoms with Gasteiger partial charge in [0.15, 0.2) is 0 Å². The highest BCUT2D eigenvalue weighted by molar-refractivity contribution is 5.79. The van der Waals surface area contributed by atoms with Crippen LogP contribution in [-0.2, 0) is 11.2 Å². The fourth-order valence-electron chi connectivity index (χ4n) is 4.26. The molecule has 0 spiro atoms. The van der Waals surface area contributed by atoms with Gasteiger partial charge in [0.05, 0.1) is 5.92 Å². The zero-order valence-electron chi connectivity index (χ0n) is 17.5. The molecule has 0 unspecified atom stereocenters. The van der Waals surface area contributed by atoms with Crippen LogP contribution in [0.5, 0.6) is 0 Å². The molecule has 2 atom stereocenters. The summed E-state index contributed by atoms with van der Waals surface area (Å²) in [5.41, 5.74) is 4.78. The monoisotopic (exact) mass is 399 g/mol. The topological polar surface area (TPSA) is 45.2 Å². The van der Waals surface area contributed by atoms with Gasteiger partial charge in [-0.05, 0) is 40.7 Å². The Morgan fingerprint density at radius 1 is 1.07 bits per heavy atom. The summed E-state index contributed by atoms with van der Waals surface area (Å²) in [6, 6.07) is 23.1. The van der Waals surface area contributed by atoms with E-state index in [1.807, 2.05) is 12.3 Å². The van der Waals surface area contributed by atoms with Gasteiger partial charge in [-0.1, -0.05) is 67.6 Å². The summed E-state index contributed by atoms with van der Waals surface area (Å²) in [5.74, 6) is 0.560. The van der Waals surface area contributed by atoms with Crippen molar-refractivity contribution in [3.8, 4) is 11.1 Å². The lowest BCUT2D eigenvalue weighted by Crippen LogP contribution is -2.35. The number of pyridine rings is 1. The van der Waals surface area contributed by atoms with Crippen molar-refractivity contribution in [2.75, 3.05) is 26.2 Å². The van der Waals surface area contributed by atoms with Crippen molar-refractivity contribution in [2.24, 2.45) is 5.92 Å². The number of hydrogen-bond donors (Lipinski definition) is 1. The van der Waals surface area contributed by atoms with E-state index in [9.17, 15) is 4.79 Å². The van der Waals surface area contributed by atoms with E-state index < -0.39 is 0 Å². The number of aromatic nitrogens is 1. The summed E-state index contributed by atoms with van der Waals surface area (Å²) in [4.78, 5) is 19.4. The van der Waals surface area contributed by atoms with Crippen molar-refractivity contribution in [3.05, 3.63) is 90.3 Å². The first-order valence-electron chi connectivity index (χ1n) is 10.7. The molecule has 1 aliphatic rings. The lowest BCUT2D eigenvalue weighted by molar-refractivity contribution is -0.124. The molecule has 4 rings (SSSR count). The van der Waals surface area contributed by atoms with E-state index in [2.05, 4.69) is 82.8 Å². The highest BCUT2D eigenvalue weighted by atomic mass is 16.1. The molecule has 2 heterocycles. The van der Waals surface area contributed by atoms with Crippen LogP contribution in [0, 0.1) is 5.92 Å². The fraction of sp³-hybridized carbons (Fsp3) is 0.308. The minimum absolute atomic E-state index is 0.0420. The van der Waals surface area contributed by atoms with E-state index in [1.54, 1.807) is 6.20 Å². The van der Waals surface area contributed by atoms with Crippen molar-refractivity contribution in [1.82, 2.24) is 15.2 Å². The Balaban J connectivity index is 1.45. The number of hydrogen-bond acceptors (Lipinski definition) is 3. The van der Waals surface area contributed by atoms with Crippen LogP contribution in [0.4, 0.5) is 0 Å². The average molecular weight is 400 g/mol. The maximum absolute atomic E-state index is 12.7. The molecule has 0 bridgehead atoms. The predicted octanol–water partition coefficient (Wildman–Crippen LogP) is 4.14. The van der Waals surface area contributed by atoms with Crippen molar-refractivity contribution >= 4 is 5.91 Å². The van der Waals surface area contributed by atoms with Crippen LogP contribution < -0.4 is 5.32 Å². The number of amides is 1. The normalized spacial score (nSPS) is 18.4. The molecule has 1 N–H and O–H groups in total. The van der Waals surface area contributed by atoms with E-state index in [-0.39, 0.29) is 11.8 Å². The Morgan fingerprint density at radius 3 is 2.70 bits per heavy atom. The maximum atomic E-state index is 12.7. The van der Waals surface area contributed by atoms with Gasteiger partial charge in [-0.15, -0.1) is 0 Å². The van der Waals surface area contributed by atoms with Gasteiger partial charge in [-0.3, -0.25) is 9.78 Å². The van der Waals surface area contributed by atoms with Crippen LogP contribution >= 0.6 is 0 Å². The third-order valence-corrected chi connectivity index (χ3v) is 5.88. The molecule has 30 heavy (non-hydrogen) atoms. The van der Waals surface area contributed by atoms with Gasteiger partial charge in [0.25, 0.3) is 0 Å². The van der Waals surface area contributed by atoms with Gasteiger partial charge >= 0.3 is 0 Å². The van der Waals surface area contributed by atoms with Crippen LogP contribution in [0.15, 0.2) is 79.1 Å². The number of benzene rings is 2. The van der Waals surface area contributed by atoms with Gasteiger partial charge in [-0.2, -0.15) is 0 Å². The molecule has 3 aromatic rings. The van der Waals surface area contributed by atoms with Crippen molar-refractivity contribution < 1.29 is 4.79 Å². The number of rotatable bonds is 6. The van der Waals surface area contributed by atoms with Crippen LogP contribution in [0.2, 0.25) is 0 Å². The molecule has 1 aliphatic heterocycles. The molecule has 1 fully saturated rings. The second kappa shape index (κ2) is 9.68. The zero-order chi connectivity index (χ0) is 20.8. The molecule has 4 heteroatoms. The number of nitrogens with zero attached hydrogens (tertiary/aromatic N) is 2. The standard InChI is InChI=1S/C26H29N3O/c1-20(22-8-3-2-4-9-22)18-29-14-13-28-26(30)25(19-29)16-21-7-5-10-23(15-21)24-11-6-12-27-17-24/h2-12,15,17,20,25H,13-14,16,18-19H2,1H3,(H,28,30)/t20-,25-/m1/s1. The van der Waals surface area contributed by atoms with Crippen LogP contribution in [0.1, 0.15) is 24.0 Å². The third-order valence-electron chi connectivity index (χ3n) is 5.88. The van der Waals surface area contributed by atoms with Gasteiger partial charge < -0.3 is 10.2 Å². The van der Waals surface area contributed by atoms with E-state index in [1.165, 1.54) is 11.1 Å². The summed E-state index contributed by atoms with van der Waals surface area (Å²) in [7, 11) is 0. The summed E-state index contributed by atoms with van der Waals surface area (Å²) < 4.78 is 0. The number of carbonyl (C=O) groups excluding carboxylic acids is 1. The molecule has 1 amide bonds. The summed E-state index contributed by atoms with van der Waals surface area (Å²) in [5, 5.41) is 3.11. The minimum atomic E-state index is -0.0420. The second-order valence-corrected chi connectivity index (χ2v) is 8.21. The second-order valence-electron chi connectivity index (χ2n) is 8.21. The highest BCUT2D eigenvalue weighted by Crippen LogP contribution is 2.23. The Hall–Kier alpha value is -2.98. The molecule has 1 aromatic heterocycles. The fourth-order valence-corrected chi connectivity index (χ4v) is 4.26. The molecule has 2 aromatic carbocycles. The highest BCUT2D eigenvalue weighted by Gasteiger charge is 2.26. The molecule has 4 nitrogen and oxygen atoms in total. The molecule has 0 radical (unpaired) electrons. The number of carbonyl (C=O) groups is 1. The molecule has 0 aliphatic carbocycles. The van der Waals surface area contributed by atoms with E-state index in [0.717, 1.165) is 37.2 Å². The summed E-state index contributed by atoms with van der Waals surface area (Å²) >= 11 is 0. The Morgan fingerprint density at radius 2 is 1.90 bits per heavy atom. The van der Waals surface area contributed by atoms with Gasteiger partial charge in [0.2, 0.25) is 5.91 Å². The first kappa shape index (κ1) is 20.3. The Labute approximate surface area is 179 Å². The van der Waals surface area contributed by atoms with E-state index in [4.69, 9.17) is 0 Å². The van der Waals surface area contributed by atoms with Gasteiger partial charge in [0.1, 0.15) is 0 Å². The number of nitrogens with one attached hydrogen (secondary N) is 1. The molecular formula is C26H29N3O. The van der Waals surface area contributed by atoms with E-state index in [0.29, 0.717) is 12.5 Å². The maximum Gasteiger partial charge on any atom is 0.224 e. The molecule has 0 saturated carbocycles. The smallest absolute Gasteiger partial charge is 0.224 e. The van der Waals surface area contributed by atoms with Gasteiger partial charge in [0, 0.05) is 38.6 Å². The largest absolute Gasteiger partial charge is 0.355 e. The van der Waals surface area contributed by atoms with Crippen LogP contribution in [0.3, 0.4) is 0 Å². The molecule has 1 saturated heterocycles. The van der Waals surface area contributed by atoms with Crippen molar-refractivity contribution in [2.45, 2.75) is 19.3 Å². The van der Waals surface area contributed by atoms with Crippen molar-refractivity contribution in [3.63, 3.8) is 0 Å². The predicted molar refractivity (Wildman–Crippen MR) is 121 cm³/mol. The lowest BCUT2D eigenvalue weighted by Gasteiger charge is -2.26. The third kappa shape index (κ3) is 5.14. The quantitative estimate of drug-likeness (QED) is 0.677. The summed E-state index contributed by atoms with van der Waals surface area (Å²) in [6.07, 6.45) is 4.41. The summed E-state index contributed by atoms with van der Waals surface area (Å²) in [6.45, 7) is 5.63. The molecule has 154 valence electrons. The first-order chi connectivity index (χ1) is 14.7. The lowest BCUT2D eigenvalue weighted by atomic mass is 9.95. The van der Waals surface area contributed by atoms with Crippen molar-refractivity contribution in [1.29, 1.82) is 0 Å². The SMILES string of the molecule is C[C@H](CN1CCNC(=O)[C@H](Cc2cccc(-c3cccnc3)c2)C1)c1ccccc1. The Bertz CT molecular complexity index is 958. The average Bonchev–Trinajstić information content (AvgIpc) is 2.96.